The van der Waals surface area contributed by atoms with Crippen LogP contribution in [0.15, 0.2) is 36.4 Å². The van der Waals surface area contributed by atoms with Crippen molar-refractivity contribution in [2.24, 2.45) is 0 Å². The highest BCUT2D eigenvalue weighted by Gasteiger charge is 2.21. The molecule has 104 valence electrons. The Balaban J connectivity index is 1.74. The number of halogens is 1. The fourth-order valence-corrected chi connectivity index (χ4v) is 3.03. The minimum atomic E-state index is 0.440. The molecule has 3 heteroatoms. The normalized spacial score (nSPS) is 16.9. The molecule has 1 unspecified atom stereocenters. The average Bonchev–Trinajstić information content (AvgIpc) is 2.82. The third-order valence-electron chi connectivity index (χ3n) is 3.89. The lowest BCUT2D eigenvalue weighted by atomic mass is 10.1. The molecule has 0 saturated carbocycles. The maximum atomic E-state index is 6.06. The van der Waals surface area contributed by atoms with Crippen molar-refractivity contribution in [2.45, 2.75) is 25.8 Å². The molecular weight excluding hydrogens is 270 g/mol. The molecule has 2 aromatic rings. The van der Waals surface area contributed by atoms with Crippen LogP contribution in [-0.4, -0.2) is 13.2 Å². The smallest absolute Gasteiger partial charge is 0.119 e. The monoisotopic (exact) mass is 287 g/mol. The lowest BCUT2D eigenvalue weighted by Gasteiger charge is -2.16. The number of aryl methyl sites for hydroxylation is 1. The van der Waals surface area contributed by atoms with Crippen molar-refractivity contribution in [1.29, 1.82) is 0 Å². The van der Waals surface area contributed by atoms with E-state index in [0.29, 0.717) is 6.04 Å². The molecule has 0 aromatic heterocycles. The van der Waals surface area contributed by atoms with Gasteiger partial charge in [0.25, 0.3) is 0 Å². The standard InChI is InChI=1S/C17H18ClNO/c1-11-7-16(20-2)5-6-17(11)19-15-9-12-3-4-14(18)8-13(12)10-15/h3-8,15,19H,9-10H2,1-2H3. The SMILES string of the molecule is COc1ccc(NC2Cc3ccc(Cl)cc3C2)c(C)c1. The molecule has 0 amide bonds. The summed E-state index contributed by atoms with van der Waals surface area (Å²) in [6.45, 7) is 2.10. The molecule has 0 heterocycles. The Hall–Kier alpha value is -1.67. The van der Waals surface area contributed by atoms with Crippen molar-refractivity contribution >= 4 is 17.3 Å². The number of anilines is 1. The predicted molar refractivity (Wildman–Crippen MR) is 84.0 cm³/mol. The van der Waals surface area contributed by atoms with Gasteiger partial charge in [0.05, 0.1) is 7.11 Å². The molecule has 0 aliphatic heterocycles. The molecule has 1 N–H and O–H groups in total. The molecule has 1 aliphatic carbocycles. The molecule has 0 bridgehead atoms. The largest absolute Gasteiger partial charge is 0.497 e. The Morgan fingerprint density at radius 2 is 1.90 bits per heavy atom. The highest BCUT2D eigenvalue weighted by Crippen LogP contribution is 2.29. The van der Waals surface area contributed by atoms with E-state index >= 15 is 0 Å². The second kappa shape index (κ2) is 5.37. The average molecular weight is 288 g/mol. The maximum Gasteiger partial charge on any atom is 0.119 e. The van der Waals surface area contributed by atoms with Crippen molar-refractivity contribution in [1.82, 2.24) is 0 Å². The number of nitrogens with one attached hydrogen (secondary N) is 1. The van der Waals surface area contributed by atoms with Gasteiger partial charge in [-0.25, -0.2) is 0 Å². The third-order valence-corrected chi connectivity index (χ3v) is 4.13. The van der Waals surface area contributed by atoms with Crippen LogP contribution in [0.25, 0.3) is 0 Å². The first-order valence-electron chi connectivity index (χ1n) is 6.84. The van der Waals surface area contributed by atoms with Gasteiger partial charge in [-0.1, -0.05) is 17.7 Å². The maximum absolute atomic E-state index is 6.06. The Kier molecular flexibility index (Phi) is 3.58. The molecule has 0 fully saturated rings. The van der Waals surface area contributed by atoms with Crippen molar-refractivity contribution < 1.29 is 4.74 Å². The van der Waals surface area contributed by atoms with Gasteiger partial charge < -0.3 is 10.1 Å². The Morgan fingerprint density at radius 1 is 1.10 bits per heavy atom. The molecular formula is C17H18ClNO. The van der Waals surface area contributed by atoms with E-state index in [1.165, 1.54) is 22.4 Å². The van der Waals surface area contributed by atoms with Crippen molar-refractivity contribution in [2.75, 3.05) is 12.4 Å². The van der Waals surface area contributed by atoms with Crippen LogP contribution in [0, 0.1) is 6.92 Å². The summed E-state index contributed by atoms with van der Waals surface area (Å²) in [7, 11) is 1.69. The summed E-state index contributed by atoms with van der Waals surface area (Å²) < 4.78 is 5.24. The molecule has 1 aliphatic rings. The van der Waals surface area contributed by atoms with E-state index in [-0.39, 0.29) is 0 Å². The zero-order chi connectivity index (χ0) is 14.1. The quantitative estimate of drug-likeness (QED) is 0.912. The molecule has 2 nitrogen and oxygen atoms in total. The van der Waals surface area contributed by atoms with Gasteiger partial charge in [0.2, 0.25) is 0 Å². The Bertz CT molecular complexity index is 639. The van der Waals surface area contributed by atoms with Crippen LogP contribution in [0.1, 0.15) is 16.7 Å². The van der Waals surface area contributed by atoms with Crippen molar-refractivity contribution in [3.8, 4) is 5.75 Å². The second-order valence-corrected chi connectivity index (χ2v) is 5.78. The lowest BCUT2D eigenvalue weighted by Crippen LogP contribution is -2.19. The van der Waals surface area contributed by atoms with E-state index in [2.05, 4.69) is 36.5 Å². The van der Waals surface area contributed by atoms with Gasteiger partial charge in [0, 0.05) is 16.8 Å². The molecule has 1 atom stereocenters. The minimum absolute atomic E-state index is 0.440. The molecule has 0 radical (unpaired) electrons. The van der Waals surface area contributed by atoms with Crippen LogP contribution in [0.3, 0.4) is 0 Å². The first-order chi connectivity index (χ1) is 9.65. The topological polar surface area (TPSA) is 21.3 Å². The van der Waals surface area contributed by atoms with Gasteiger partial charge in [0.15, 0.2) is 0 Å². The van der Waals surface area contributed by atoms with Crippen LogP contribution in [-0.2, 0) is 12.8 Å². The van der Waals surface area contributed by atoms with Crippen LogP contribution in [0.2, 0.25) is 5.02 Å². The van der Waals surface area contributed by atoms with Crippen LogP contribution < -0.4 is 10.1 Å². The number of ether oxygens (including phenoxy) is 1. The van der Waals surface area contributed by atoms with Gasteiger partial charge in [-0.3, -0.25) is 0 Å². The lowest BCUT2D eigenvalue weighted by molar-refractivity contribution is 0.414. The predicted octanol–water partition coefficient (Wildman–Crippen LogP) is 4.24. The highest BCUT2D eigenvalue weighted by atomic mass is 35.5. The van der Waals surface area contributed by atoms with E-state index < -0.39 is 0 Å². The Morgan fingerprint density at radius 3 is 2.65 bits per heavy atom. The first kappa shape index (κ1) is 13.3. The molecule has 20 heavy (non-hydrogen) atoms. The van der Waals surface area contributed by atoms with Gasteiger partial charge in [0.1, 0.15) is 5.75 Å². The fourth-order valence-electron chi connectivity index (χ4n) is 2.83. The summed E-state index contributed by atoms with van der Waals surface area (Å²) in [4.78, 5) is 0. The zero-order valence-corrected chi connectivity index (χ0v) is 12.5. The fraction of sp³-hybridized carbons (Fsp3) is 0.294. The van der Waals surface area contributed by atoms with Crippen LogP contribution >= 0.6 is 11.6 Å². The van der Waals surface area contributed by atoms with E-state index in [4.69, 9.17) is 16.3 Å². The molecule has 2 aromatic carbocycles. The zero-order valence-electron chi connectivity index (χ0n) is 11.7. The van der Waals surface area contributed by atoms with E-state index in [1.54, 1.807) is 7.11 Å². The molecule has 0 spiro atoms. The van der Waals surface area contributed by atoms with E-state index in [0.717, 1.165) is 23.6 Å². The van der Waals surface area contributed by atoms with Gasteiger partial charge in [-0.2, -0.15) is 0 Å². The summed E-state index contributed by atoms with van der Waals surface area (Å²) in [5.74, 6) is 0.898. The number of methoxy groups -OCH3 is 1. The first-order valence-corrected chi connectivity index (χ1v) is 7.22. The molecule has 3 rings (SSSR count). The van der Waals surface area contributed by atoms with Gasteiger partial charge >= 0.3 is 0 Å². The van der Waals surface area contributed by atoms with Gasteiger partial charge in [-0.05, 0) is 66.8 Å². The number of rotatable bonds is 3. The summed E-state index contributed by atoms with van der Waals surface area (Å²) >= 11 is 6.06. The number of benzene rings is 2. The Labute approximate surface area is 124 Å². The minimum Gasteiger partial charge on any atom is -0.497 e. The van der Waals surface area contributed by atoms with Crippen molar-refractivity contribution in [3.63, 3.8) is 0 Å². The van der Waals surface area contributed by atoms with Crippen LogP contribution in [0.4, 0.5) is 5.69 Å². The highest BCUT2D eigenvalue weighted by molar-refractivity contribution is 6.30. The second-order valence-electron chi connectivity index (χ2n) is 5.34. The summed E-state index contributed by atoms with van der Waals surface area (Å²) in [6.07, 6.45) is 2.08. The third kappa shape index (κ3) is 2.61. The van der Waals surface area contributed by atoms with Gasteiger partial charge in [-0.15, -0.1) is 0 Å². The summed E-state index contributed by atoms with van der Waals surface area (Å²) in [5, 5.41) is 4.45. The number of hydrogen-bond donors (Lipinski definition) is 1. The van der Waals surface area contributed by atoms with E-state index in [1.807, 2.05) is 12.1 Å². The number of fused-ring (bicyclic) bond motifs is 1. The van der Waals surface area contributed by atoms with Crippen molar-refractivity contribution in [3.05, 3.63) is 58.1 Å². The summed E-state index contributed by atoms with van der Waals surface area (Å²) in [6, 6.07) is 12.8. The molecule has 0 saturated heterocycles. The van der Waals surface area contributed by atoms with Crippen LogP contribution in [0.5, 0.6) is 5.75 Å². The van der Waals surface area contributed by atoms with E-state index in [9.17, 15) is 0 Å². The number of hydrogen-bond acceptors (Lipinski definition) is 2. The summed E-state index contributed by atoms with van der Waals surface area (Å²) in [5.41, 5.74) is 5.15.